The van der Waals surface area contributed by atoms with Crippen molar-refractivity contribution in [2.45, 2.75) is 18.2 Å². The van der Waals surface area contributed by atoms with E-state index in [4.69, 9.17) is 0 Å². The number of nitrogens with one attached hydrogen (secondary N) is 1. The molecule has 0 unspecified atom stereocenters. The van der Waals surface area contributed by atoms with Gasteiger partial charge in [0.1, 0.15) is 4.90 Å². The van der Waals surface area contributed by atoms with Crippen molar-refractivity contribution in [2.75, 3.05) is 20.1 Å². The summed E-state index contributed by atoms with van der Waals surface area (Å²) in [6.07, 6.45) is 3.40. The first-order valence-corrected chi connectivity index (χ1v) is 7.96. The summed E-state index contributed by atoms with van der Waals surface area (Å²) in [6.45, 7) is 1.94. The Hall–Kier alpha value is -0.990. The zero-order chi connectivity index (χ0) is 14.5. The zero-order valence-corrected chi connectivity index (χ0v) is 13.2. The van der Waals surface area contributed by atoms with Gasteiger partial charge in [0.2, 0.25) is 15.9 Å². The van der Waals surface area contributed by atoms with Crippen LogP contribution in [-0.4, -0.2) is 43.8 Å². The van der Waals surface area contributed by atoms with E-state index in [1.165, 1.54) is 25.5 Å². The zero-order valence-electron chi connectivity index (χ0n) is 10.8. The van der Waals surface area contributed by atoms with Crippen molar-refractivity contribution in [1.29, 1.82) is 0 Å². The van der Waals surface area contributed by atoms with Crippen molar-refractivity contribution in [2.24, 2.45) is 0 Å². The summed E-state index contributed by atoms with van der Waals surface area (Å²) < 4.78 is 26.5. The third-order valence-corrected chi connectivity index (χ3v) is 4.63. The van der Waals surface area contributed by atoms with Crippen LogP contribution in [0.5, 0.6) is 0 Å². The Kier molecular flexibility index (Phi) is 5.89. The summed E-state index contributed by atoms with van der Waals surface area (Å²) in [7, 11) is -2.24. The van der Waals surface area contributed by atoms with E-state index >= 15 is 0 Å². The Labute approximate surface area is 121 Å². The van der Waals surface area contributed by atoms with Crippen LogP contribution in [-0.2, 0) is 14.8 Å². The highest BCUT2D eigenvalue weighted by Gasteiger charge is 2.26. The molecule has 1 heterocycles. The van der Waals surface area contributed by atoms with Crippen molar-refractivity contribution >= 4 is 31.9 Å². The van der Waals surface area contributed by atoms with E-state index in [1.54, 1.807) is 0 Å². The van der Waals surface area contributed by atoms with Gasteiger partial charge < -0.3 is 5.32 Å². The third kappa shape index (κ3) is 4.26. The van der Waals surface area contributed by atoms with Crippen LogP contribution in [0, 0.1) is 0 Å². The van der Waals surface area contributed by atoms with Crippen LogP contribution < -0.4 is 5.32 Å². The number of sulfonamides is 1. The van der Waals surface area contributed by atoms with Gasteiger partial charge in [0.15, 0.2) is 0 Å². The van der Waals surface area contributed by atoms with Gasteiger partial charge in [-0.15, -0.1) is 0 Å². The molecule has 0 saturated carbocycles. The molecule has 0 aliphatic rings. The Bertz CT molecular complexity index is 548. The van der Waals surface area contributed by atoms with Gasteiger partial charge in [0.25, 0.3) is 0 Å². The molecule has 1 N–H and O–H groups in total. The molecular formula is C11H16BrN3O3S. The molecule has 0 aliphatic heterocycles. The molecule has 1 amide bonds. The number of nitrogens with zero attached hydrogens (tertiary/aromatic N) is 2. The fourth-order valence-electron chi connectivity index (χ4n) is 1.46. The molecule has 0 fully saturated rings. The van der Waals surface area contributed by atoms with Crippen LogP contribution in [0.4, 0.5) is 0 Å². The van der Waals surface area contributed by atoms with E-state index in [9.17, 15) is 13.2 Å². The number of aromatic nitrogens is 1. The fourth-order valence-corrected chi connectivity index (χ4v) is 3.45. The molecule has 1 aromatic heterocycles. The molecule has 19 heavy (non-hydrogen) atoms. The van der Waals surface area contributed by atoms with E-state index in [1.807, 2.05) is 6.92 Å². The molecule has 106 valence electrons. The van der Waals surface area contributed by atoms with Crippen LogP contribution >= 0.6 is 15.9 Å². The number of carbonyl (C=O) groups excluding carboxylic acids is 1. The maximum absolute atomic E-state index is 12.4. The third-order valence-electron chi connectivity index (χ3n) is 2.39. The highest BCUT2D eigenvalue weighted by atomic mass is 79.9. The number of rotatable bonds is 6. The standard InChI is InChI=1S/C11H16BrN3O3S/c1-3-4-15(8-11(16)13-2)19(17,18)10-5-9(12)6-14-7-10/h5-7H,3-4,8H2,1-2H3,(H,13,16). The molecule has 0 aliphatic carbocycles. The predicted molar refractivity (Wildman–Crippen MR) is 75.1 cm³/mol. The van der Waals surface area contributed by atoms with Crippen LogP contribution in [0.25, 0.3) is 0 Å². The first-order valence-electron chi connectivity index (χ1n) is 5.73. The van der Waals surface area contributed by atoms with E-state index in [0.29, 0.717) is 10.9 Å². The van der Waals surface area contributed by atoms with E-state index in [0.717, 1.165) is 4.31 Å². The minimum atomic E-state index is -3.71. The molecule has 6 nitrogen and oxygen atoms in total. The lowest BCUT2D eigenvalue weighted by molar-refractivity contribution is -0.120. The maximum Gasteiger partial charge on any atom is 0.245 e. The van der Waals surface area contributed by atoms with Gasteiger partial charge in [-0.2, -0.15) is 4.31 Å². The van der Waals surface area contributed by atoms with Gasteiger partial charge in [-0.1, -0.05) is 6.92 Å². The monoisotopic (exact) mass is 349 g/mol. The van der Waals surface area contributed by atoms with Crippen LogP contribution in [0.1, 0.15) is 13.3 Å². The summed E-state index contributed by atoms with van der Waals surface area (Å²) in [5.41, 5.74) is 0. The SMILES string of the molecule is CCCN(CC(=O)NC)S(=O)(=O)c1cncc(Br)c1. The summed E-state index contributed by atoms with van der Waals surface area (Å²) in [6, 6.07) is 1.47. The number of hydrogen-bond acceptors (Lipinski definition) is 4. The van der Waals surface area contributed by atoms with E-state index < -0.39 is 10.0 Å². The minimum absolute atomic E-state index is 0.0687. The van der Waals surface area contributed by atoms with Gasteiger partial charge in [0, 0.05) is 30.5 Å². The van der Waals surface area contributed by atoms with Crippen molar-refractivity contribution < 1.29 is 13.2 Å². The van der Waals surface area contributed by atoms with Crippen LogP contribution in [0.3, 0.4) is 0 Å². The molecule has 1 aromatic rings. The van der Waals surface area contributed by atoms with Crippen molar-refractivity contribution in [3.05, 3.63) is 22.9 Å². The number of carbonyl (C=O) groups is 1. The molecule has 1 rings (SSSR count). The number of likely N-dealkylation sites (N-methyl/N-ethyl adjacent to an activating group) is 1. The van der Waals surface area contributed by atoms with Gasteiger partial charge in [0.05, 0.1) is 6.54 Å². The Morgan fingerprint density at radius 2 is 2.16 bits per heavy atom. The second-order valence-corrected chi connectivity index (χ2v) is 6.70. The van der Waals surface area contributed by atoms with E-state index in [-0.39, 0.29) is 23.9 Å². The minimum Gasteiger partial charge on any atom is -0.358 e. The average Bonchev–Trinajstić information content (AvgIpc) is 2.38. The van der Waals surface area contributed by atoms with Gasteiger partial charge in [-0.05, 0) is 28.4 Å². The highest BCUT2D eigenvalue weighted by Crippen LogP contribution is 2.18. The van der Waals surface area contributed by atoms with Gasteiger partial charge >= 0.3 is 0 Å². The number of pyridine rings is 1. The Balaban J connectivity index is 3.09. The lowest BCUT2D eigenvalue weighted by Crippen LogP contribution is -2.40. The first kappa shape index (κ1) is 16.1. The van der Waals surface area contributed by atoms with Crippen LogP contribution in [0.15, 0.2) is 27.8 Å². The topological polar surface area (TPSA) is 79.4 Å². The predicted octanol–water partition coefficient (Wildman–Crippen LogP) is 0.991. The highest BCUT2D eigenvalue weighted by molar-refractivity contribution is 9.10. The fraction of sp³-hybridized carbons (Fsp3) is 0.455. The number of amides is 1. The van der Waals surface area contributed by atoms with Gasteiger partial charge in [-0.3, -0.25) is 9.78 Å². The summed E-state index contributed by atoms with van der Waals surface area (Å²) >= 11 is 3.18. The maximum atomic E-state index is 12.4. The van der Waals surface area contributed by atoms with E-state index in [2.05, 4.69) is 26.2 Å². The van der Waals surface area contributed by atoms with Crippen LogP contribution in [0.2, 0.25) is 0 Å². The van der Waals surface area contributed by atoms with Crippen molar-refractivity contribution in [3.63, 3.8) is 0 Å². The summed E-state index contributed by atoms with van der Waals surface area (Å²) in [5.74, 6) is -0.347. The second-order valence-electron chi connectivity index (χ2n) is 3.85. The molecule has 0 saturated heterocycles. The number of halogens is 1. The van der Waals surface area contributed by atoms with Crippen molar-refractivity contribution in [1.82, 2.24) is 14.6 Å². The number of hydrogen-bond donors (Lipinski definition) is 1. The average molecular weight is 350 g/mol. The first-order chi connectivity index (χ1) is 8.91. The molecule has 0 atom stereocenters. The lowest BCUT2D eigenvalue weighted by Gasteiger charge is -2.20. The summed E-state index contributed by atoms with van der Waals surface area (Å²) in [5, 5.41) is 2.42. The second kappa shape index (κ2) is 6.97. The molecule has 0 bridgehead atoms. The molecule has 0 spiro atoms. The lowest BCUT2D eigenvalue weighted by atomic mass is 10.4. The largest absolute Gasteiger partial charge is 0.358 e. The molecule has 8 heteroatoms. The van der Waals surface area contributed by atoms with Gasteiger partial charge in [-0.25, -0.2) is 8.42 Å². The normalized spacial score (nSPS) is 11.6. The Morgan fingerprint density at radius 3 is 2.68 bits per heavy atom. The van der Waals surface area contributed by atoms with Crippen molar-refractivity contribution in [3.8, 4) is 0 Å². The molecule has 0 aromatic carbocycles. The Morgan fingerprint density at radius 1 is 1.47 bits per heavy atom. The molecule has 0 radical (unpaired) electrons. The smallest absolute Gasteiger partial charge is 0.245 e. The molecular weight excluding hydrogens is 334 g/mol. The summed E-state index contributed by atoms with van der Waals surface area (Å²) in [4.78, 5) is 15.3. The quantitative estimate of drug-likeness (QED) is 0.830.